The van der Waals surface area contributed by atoms with Crippen LogP contribution < -0.4 is 10.6 Å². The van der Waals surface area contributed by atoms with Gasteiger partial charge >= 0.3 is 0 Å². The van der Waals surface area contributed by atoms with Crippen molar-refractivity contribution in [1.82, 2.24) is 24.4 Å². The molecule has 4 rings (SSSR count). The van der Waals surface area contributed by atoms with Crippen LogP contribution in [0.3, 0.4) is 0 Å². The number of likely N-dealkylation sites (N-methyl/N-ethyl adjacent to an activating group) is 1. The lowest BCUT2D eigenvalue weighted by molar-refractivity contribution is -0.116. The van der Waals surface area contributed by atoms with Crippen LogP contribution in [0.2, 0.25) is 0 Å². The summed E-state index contributed by atoms with van der Waals surface area (Å²) in [6.45, 7) is 2.40. The molecule has 1 amide bonds. The molecule has 158 valence electrons. The first-order valence-corrected chi connectivity index (χ1v) is 10.1. The van der Waals surface area contributed by atoms with Crippen molar-refractivity contribution in [3.05, 3.63) is 72.7 Å². The molecule has 0 fully saturated rings. The van der Waals surface area contributed by atoms with E-state index in [4.69, 9.17) is 0 Å². The number of aromatic nitrogens is 4. The quantitative estimate of drug-likeness (QED) is 0.480. The summed E-state index contributed by atoms with van der Waals surface area (Å²) in [6.07, 6.45) is 3.45. The molecule has 0 saturated carbocycles. The third-order valence-electron chi connectivity index (χ3n) is 4.82. The molecule has 1 atom stereocenters. The molecule has 8 nitrogen and oxygen atoms in total. The molecule has 4 aromatic rings. The molecule has 0 saturated heterocycles. The first-order chi connectivity index (χ1) is 15.0. The van der Waals surface area contributed by atoms with E-state index in [9.17, 15) is 4.79 Å². The standard InChI is InChI=1S/C23H25N7O/c1-16(17-7-5-4-6-8-17)26-23-24-12-11-21(28-23)30-15-25-19-13-18(9-10-20(19)30)27-22(31)14-29(2)3/h4-13,15-16H,14H2,1-3H3,(H,27,31)(H,24,26,28). The molecule has 2 aromatic heterocycles. The molecule has 31 heavy (non-hydrogen) atoms. The summed E-state index contributed by atoms with van der Waals surface area (Å²) in [5.74, 6) is 1.19. The fraction of sp³-hybridized carbons (Fsp3) is 0.217. The minimum Gasteiger partial charge on any atom is -0.348 e. The van der Waals surface area contributed by atoms with Crippen molar-refractivity contribution < 1.29 is 4.79 Å². The normalized spacial score (nSPS) is 12.1. The van der Waals surface area contributed by atoms with Gasteiger partial charge in [0.25, 0.3) is 0 Å². The summed E-state index contributed by atoms with van der Waals surface area (Å²) in [5, 5.41) is 6.24. The number of rotatable bonds is 7. The maximum atomic E-state index is 12.0. The summed E-state index contributed by atoms with van der Waals surface area (Å²) in [6, 6.07) is 17.7. The molecule has 2 aromatic carbocycles. The summed E-state index contributed by atoms with van der Waals surface area (Å²) >= 11 is 0. The maximum absolute atomic E-state index is 12.0. The van der Waals surface area contributed by atoms with E-state index in [2.05, 4.69) is 44.6 Å². The first kappa shape index (κ1) is 20.5. The van der Waals surface area contributed by atoms with Crippen LogP contribution in [-0.2, 0) is 4.79 Å². The number of carbonyl (C=O) groups is 1. The Morgan fingerprint density at radius 1 is 1.10 bits per heavy atom. The topological polar surface area (TPSA) is 88.0 Å². The van der Waals surface area contributed by atoms with Gasteiger partial charge in [-0.3, -0.25) is 9.36 Å². The minimum atomic E-state index is -0.0668. The number of anilines is 2. The number of hydrogen-bond acceptors (Lipinski definition) is 6. The second-order valence-electron chi connectivity index (χ2n) is 7.62. The van der Waals surface area contributed by atoms with Gasteiger partial charge in [0.05, 0.1) is 23.6 Å². The van der Waals surface area contributed by atoms with Crippen LogP contribution in [-0.4, -0.2) is 51.0 Å². The van der Waals surface area contributed by atoms with Gasteiger partial charge in [0.1, 0.15) is 12.1 Å². The van der Waals surface area contributed by atoms with Crippen molar-refractivity contribution in [2.75, 3.05) is 31.3 Å². The number of amides is 1. The van der Waals surface area contributed by atoms with Crippen molar-refractivity contribution in [2.45, 2.75) is 13.0 Å². The molecule has 8 heteroatoms. The van der Waals surface area contributed by atoms with Crippen LogP contribution in [0, 0.1) is 0 Å². The van der Waals surface area contributed by atoms with Crippen molar-refractivity contribution in [2.24, 2.45) is 0 Å². The molecule has 0 aliphatic heterocycles. The van der Waals surface area contributed by atoms with Gasteiger partial charge in [-0.05, 0) is 50.8 Å². The lowest BCUT2D eigenvalue weighted by Gasteiger charge is -2.14. The average molecular weight is 416 g/mol. The SMILES string of the molecule is CC(Nc1nccc(-n2cnc3cc(NC(=O)CN(C)C)ccc32)n1)c1ccccc1. The molecule has 2 heterocycles. The molecule has 0 aliphatic rings. The van der Waals surface area contributed by atoms with Gasteiger partial charge < -0.3 is 15.5 Å². The Kier molecular flexibility index (Phi) is 5.90. The number of hydrogen-bond donors (Lipinski definition) is 2. The molecule has 0 radical (unpaired) electrons. The molecular weight excluding hydrogens is 390 g/mol. The van der Waals surface area contributed by atoms with E-state index >= 15 is 0 Å². The third kappa shape index (κ3) is 4.87. The van der Waals surface area contributed by atoms with Gasteiger partial charge in [-0.2, -0.15) is 4.98 Å². The van der Waals surface area contributed by atoms with E-state index < -0.39 is 0 Å². The Labute approximate surface area is 181 Å². The Balaban J connectivity index is 1.55. The van der Waals surface area contributed by atoms with Crippen LogP contribution >= 0.6 is 0 Å². The van der Waals surface area contributed by atoms with Crippen molar-refractivity contribution in [3.63, 3.8) is 0 Å². The maximum Gasteiger partial charge on any atom is 0.238 e. The molecule has 0 aliphatic carbocycles. The number of imidazole rings is 1. The van der Waals surface area contributed by atoms with E-state index in [1.54, 1.807) is 12.5 Å². The predicted octanol–water partition coefficient (Wildman–Crippen LogP) is 3.49. The predicted molar refractivity (Wildman–Crippen MR) is 122 cm³/mol. The minimum absolute atomic E-state index is 0.0668. The zero-order valence-electron chi connectivity index (χ0n) is 17.8. The Hall–Kier alpha value is -3.78. The number of nitrogens with zero attached hydrogens (tertiary/aromatic N) is 5. The highest BCUT2D eigenvalue weighted by molar-refractivity contribution is 5.94. The monoisotopic (exact) mass is 415 g/mol. The van der Waals surface area contributed by atoms with E-state index in [1.807, 2.05) is 66.0 Å². The zero-order chi connectivity index (χ0) is 21.8. The highest BCUT2D eigenvalue weighted by Gasteiger charge is 2.11. The summed E-state index contributed by atoms with van der Waals surface area (Å²) < 4.78 is 1.90. The average Bonchev–Trinajstić information content (AvgIpc) is 3.17. The third-order valence-corrected chi connectivity index (χ3v) is 4.82. The van der Waals surface area contributed by atoms with Crippen molar-refractivity contribution in [1.29, 1.82) is 0 Å². The fourth-order valence-corrected chi connectivity index (χ4v) is 3.33. The van der Waals surface area contributed by atoms with E-state index in [-0.39, 0.29) is 11.9 Å². The van der Waals surface area contributed by atoms with E-state index in [0.717, 1.165) is 16.6 Å². The van der Waals surface area contributed by atoms with Gasteiger partial charge in [0, 0.05) is 11.9 Å². The fourth-order valence-electron chi connectivity index (χ4n) is 3.33. The van der Waals surface area contributed by atoms with Crippen LogP contribution in [0.1, 0.15) is 18.5 Å². The van der Waals surface area contributed by atoms with Crippen LogP contribution in [0.15, 0.2) is 67.1 Å². The summed E-state index contributed by atoms with van der Waals surface area (Å²) in [7, 11) is 3.71. The van der Waals surface area contributed by atoms with Crippen molar-refractivity contribution >= 4 is 28.6 Å². The van der Waals surface area contributed by atoms with Crippen LogP contribution in [0.25, 0.3) is 16.9 Å². The van der Waals surface area contributed by atoms with E-state index in [0.29, 0.717) is 24.0 Å². The number of nitrogens with one attached hydrogen (secondary N) is 2. The Morgan fingerprint density at radius 3 is 2.68 bits per heavy atom. The van der Waals surface area contributed by atoms with E-state index in [1.165, 1.54) is 0 Å². The first-order valence-electron chi connectivity index (χ1n) is 10.1. The smallest absolute Gasteiger partial charge is 0.238 e. The highest BCUT2D eigenvalue weighted by Crippen LogP contribution is 2.22. The van der Waals surface area contributed by atoms with Gasteiger partial charge in [-0.25, -0.2) is 9.97 Å². The largest absolute Gasteiger partial charge is 0.348 e. The summed E-state index contributed by atoms with van der Waals surface area (Å²) in [5.41, 5.74) is 3.54. The second kappa shape index (κ2) is 8.93. The Morgan fingerprint density at radius 2 is 1.90 bits per heavy atom. The summed E-state index contributed by atoms with van der Waals surface area (Å²) in [4.78, 5) is 27.3. The molecule has 0 bridgehead atoms. The molecular formula is C23H25N7O. The second-order valence-corrected chi connectivity index (χ2v) is 7.62. The Bertz CT molecular complexity index is 1190. The van der Waals surface area contributed by atoms with Crippen LogP contribution in [0.4, 0.5) is 11.6 Å². The van der Waals surface area contributed by atoms with Gasteiger partial charge in [-0.15, -0.1) is 0 Å². The lowest BCUT2D eigenvalue weighted by Crippen LogP contribution is -2.27. The van der Waals surface area contributed by atoms with Crippen molar-refractivity contribution in [3.8, 4) is 5.82 Å². The molecule has 2 N–H and O–H groups in total. The lowest BCUT2D eigenvalue weighted by atomic mass is 10.1. The molecule has 0 spiro atoms. The number of carbonyl (C=O) groups excluding carboxylic acids is 1. The number of fused-ring (bicyclic) bond motifs is 1. The zero-order valence-corrected chi connectivity index (χ0v) is 17.8. The van der Waals surface area contributed by atoms with Gasteiger partial charge in [0.2, 0.25) is 11.9 Å². The molecule has 1 unspecified atom stereocenters. The van der Waals surface area contributed by atoms with Gasteiger partial charge in [0.15, 0.2) is 0 Å². The highest BCUT2D eigenvalue weighted by atomic mass is 16.2. The number of benzene rings is 2. The van der Waals surface area contributed by atoms with Gasteiger partial charge in [-0.1, -0.05) is 30.3 Å². The van der Waals surface area contributed by atoms with Crippen LogP contribution in [0.5, 0.6) is 0 Å².